The lowest BCUT2D eigenvalue weighted by atomic mass is 9.95. The molecule has 0 aliphatic heterocycles. The van der Waals surface area contributed by atoms with Crippen LogP contribution in [0.25, 0.3) is 0 Å². The van der Waals surface area contributed by atoms with Crippen molar-refractivity contribution in [3.05, 3.63) is 0 Å². The van der Waals surface area contributed by atoms with Gasteiger partial charge >= 0.3 is 5.97 Å². The maximum absolute atomic E-state index is 11.9. The van der Waals surface area contributed by atoms with Crippen molar-refractivity contribution >= 4 is 11.9 Å². The Morgan fingerprint density at radius 1 is 1.20 bits per heavy atom. The molecule has 0 rings (SSSR count). The van der Waals surface area contributed by atoms with Crippen molar-refractivity contribution < 1.29 is 14.3 Å². The molecule has 0 saturated carbocycles. The van der Waals surface area contributed by atoms with Gasteiger partial charge in [0, 0.05) is 12.0 Å². The van der Waals surface area contributed by atoms with Crippen LogP contribution in [0.15, 0.2) is 0 Å². The third-order valence-corrected chi connectivity index (χ3v) is 1.94. The van der Waals surface area contributed by atoms with Crippen LogP contribution in [0.3, 0.4) is 0 Å². The Balaban J connectivity index is 4.38. The molecule has 0 N–H and O–H groups in total. The van der Waals surface area contributed by atoms with Crippen LogP contribution in [0, 0.1) is 5.41 Å². The second-order valence-electron chi connectivity index (χ2n) is 4.37. The molecule has 0 aliphatic rings. The number of amides is 1. The first-order valence-electron chi connectivity index (χ1n) is 5.27. The van der Waals surface area contributed by atoms with Crippen molar-refractivity contribution in [1.82, 2.24) is 4.90 Å². The standard InChI is InChI=1S/C11H21NO3/c1-6-12(8-9(13)15-7-2)10(14)11(3,4)5/h6-8H2,1-5H3. The van der Waals surface area contributed by atoms with E-state index in [1.807, 2.05) is 27.7 Å². The van der Waals surface area contributed by atoms with Crippen molar-refractivity contribution in [2.24, 2.45) is 5.41 Å². The zero-order valence-electron chi connectivity index (χ0n) is 10.3. The van der Waals surface area contributed by atoms with E-state index in [-0.39, 0.29) is 18.4 Å². The fourth-order valence-corrected chi connectivity index (χ4v) is 1.16. The van der Waals surface area contributed by atoms with Crippen LogP contribution in [0.2, 0.25) is 0 Å². The van der Waals surface area contributed by atoms with Crippen LogP contribution < -0.4 is 0 Å². The Labute approximate surface area is 91.6 Å². The summed E-state index contributed by atoms with van der Waals surface area (Å²) in [5.74, 6) is -0.380. The van der Waals surface area contributed by atoms with E-state index in [0.29, 0.717) is 13.2 Å². The average molecular weight is 215 g/mol. The van der Waals surface area contributed by atoms with Gasteiger partial charge < -0.3 is 9.64 Å². The Morgan fingerprint density at radius 3 is 2.07 bits per heavy atom. The second-order valence-corrected chi connectivity index (χ2v) is 4.37. The van der Waals surface area contributed by atoms with Crippen molar-refractivity contribution in [2.45, 2.75) is 34.6 Å². The highest BCUT2D eigenvalue weighted by Gasteiger charge is 2.27. The molecule has 88 valence electrons. The molecule has 4 heteroatoms. The topological polar surface area (TPSA) is 46.6 Å². The molecule has 0 heterocycles. The molecule has 0 aromatic rings. The Bertz CT molecular complexity index is 230. The van der Waals surface area contributed by atoms with E-state index >= 15 is 0 Å². The Morgan fingerprint density at radius 2 is 1.73 bits per heavy atom. The zero-order chi connectivity index (χ0) is 12.1. The molecular formula is C11H21NO3. The average Bonchev–Trinajstić information content (AvgIpc) is 2.12. The van der Waals surface area contributed by atoms with Gasteiger partial charge in [0.1, 0.15) is 6.54 Å². The van der Waals surface area contributed by atoms with Gasteiger partial charge in [0.15, 0.2) is 0 Å². The van der Waals surface area contributed by atoms with Gasteiger partial charge in [0.05, 0.1) is 6.61 Å². The Kier molecular flexibility index (Phi) is 5.33. The van der Waals surface area contributed by atoms with Gasteiger partial charge in [-0.05, 0) is 13.8 Å². The SMILES string of the molecule is CCOC(=O)CN(CC)C(=O)C(C)(C)C. The number of rotatable bonds is 4. The maximum Gasteiger partial charge on any atom is 0.325 e. The molecule has 4 nitrogen and oxygen atoms in total. The van der Waals surface area contributed by atoms with Crippen molar-refractivity contribution in [1.29, 1.82) is 0 Å². The molecule has 0 aromatic carbocycles. The van der Waals surface area contributed by atoms with E-state index in [4.69, 9.17) is 4.74 Å². The fourth-order valence-electron chi connectivity index (χ4n) is 1.16. The smallest absolute Gasteiger partial charge is 0.325 e. The molecule has 0 aliphatic carbocycles. The Hall–Kier alpha value is -1.06. The first-order valence-corrected chi connectivity index (χ1v) is 5.27. The predicted molar refractivity (Wildman–Crippen MR) is 58.3 cm³/mol. The minimum atomic E-state index is -0.456. The third-order valence-electron chi connectivity index (χ3n) is 1.94. The normalized spacial score (nSPS) is 11.0. The van der Waals surface area contributed by atoms with Gasteiger partial charge in [0.2, 0.25) is 5.91 Å². The largest absolute Gasteiger partial charge is 0.465 e. The van der Waals surface area contributed by atoms with E-state index in [0.717, 1.165) is 0 Å². The zero-order valence-corrected chi connectivity index (χ0v) is 10.3. The predicted octanol–water partition coefficient (Wildman–Crippen LogP) is 1.44. The molecular weight excluding hydrogens is 194 g/mol. The molecule has 0 saturated heterocycles. The maximum atomic E-state index is 11.9. The van der Waals surface area contributed by atoms with Gasteiger partial charge in [-0.25, -0.2) is 0 Å². The van der Waals surface area contributed by atoms with Crippen LogP contribution in [-0.4, -0.2) is 36.5 Å². The summed E-state index contributed by atoms with van der Waals surface area (Å²) in [6.45, 7) is 10.0. The highest BCUT2D eigenvalue weighted by atomic mass is 16.5. The summed E-state index contributed by atoms with van der Waals surface area (Å²) in [4.78, 5) is 24.6. The fraction of sp³-hybridized carbons (Fsp3) is 0.818. The van der Waals surface area contributed by atoms with Crippen LogP contribution in [0.4, 0.5) is 0 Å². The molecule has 0 aromatic heterocycles. The van der Waals surface area contributed by atoms with E-state index in [1.54, 1.807) is 6.92 Å². The van der Waals surface area contributed by atoms with Crippen LogP contribution in [0.5, 0.6) is 0 Å². The lowest BCUT2D eigenvalue weighted by Gasteiger charge is -2.27. The van der Waals surface area contributed by atoms with E-state index in [2.05, 4.69) is 0 Å². The molecule has 0 fully saturated rings. The number of likely N-dealkylation sites (N-methyl/N-ethyl adjacent to an activating group) is 1. The van der Waals surface area contributed by atoms with E-state index in [9.17, 15) is 9.59 Å². The van der Waals surface area contributed by atoms with E-state index in [1.165, 1.54) is 4.90 Å². The number of esters is 1. The second kappa shape index (κ2) is 5.73. The summed E-state index contributed by atoms with van der Waals surface area (Å²) in [7, 11) is 0. The summed E-state index contributed by atoms with van der Waals surface area (Å²) in [5, 5.41) is 0. The summed E-state index contributed by atoms with van der Waals surface area (Å²) < 4.78 is 4.80. The molecule has 15 heavy (non-hydrogen) atoms. The van der Waals surface area contributed by atoms with E-state index < -0.39 is 5.41 Å². The third kappa shape index (κ3) is 4.81. The quantitative estimate of drug-likeness (QED) is 0.667. The minimum Gasteiger partial charge on any atom is -0.465 e. The van der Waals surface area contributed by atoms with Gasteiger partial charge in [-0.1, -0.05) is 20.8 Å². The van der Waals surface area contributed by atoms with Gasteiger partial charge in [-0.2, -0.15) is 0 Å². The monoisotopic (exact) mass is 215 g/mol. The molecule has 0 unspecified atom stereocenters. The van der Waals surface area contributed by atoms with Crippen LogP contribution in [0.1, 0.15) is 34.6 Å². The number of hydrogen-bond donors (Lipinski definition) is 0. The number of nitrogens with zero attached hydrogens (tertiary/aromatic N) is 1. The lowest BCUT2D eigenvalue weighted by molar-refractivity contribution is -0.151. The van der Waals surface area contributed by atoms with Gasteiger partial charge in [-0.3, -0.25) is 9.59 Å². The number of ether oxygens (including phenoxy) is 1. The molecule has 0 bridgehead atoms. The molecule has 0 radical (unpaired) electrons. The first-order chi connectivity index (χ1) is 6.82. The van der Waals surface area contributed by atoms with Crippen molar-refractivity contribution in [3.63, 3.8) is 0 Å². The summed E-state index contributed by atoms with van der Waals surface area (Å²) in [5.41, 5.74) is -0.456. The number of hydrogen-bond acceptors (Lipinski definition) is 3. The minimum absolute atomic E-state index is 0.0296. The number of carbonyl (C=O) groups excluding carboxylic acids is 2. The summed E-state index contributed by atoms with van der Waals surface area (Å²) in [6, 6.07) is 0. The molecule has 1 amide bonds. The van der Waals surface area contributed by atoms with Crippen LogP contribution in [-0.2, 0) is 14.3 Å². The lowest BCUT2D eigenvalue weighted by Crippen LogP contribution is -2.42. The van der Waals surface area contributed by atoms with Crippen LogP contribution >= 0.6 is 0 Å². The van der Waals surface area contributed by atoms with Crippen molar-refractivity contribution in [2.75, 3.05) is 19.7 Å². The highest BCUT2D eigenvalue weighted by molar-refractivity contribution is 5.85. The summed E-state index contributed by atoms with van der Waals surface area (Å²) >= 11 is 0. The first kappa shape index (κ1) is 13.9. The van der Waals surface area contributed by atoms with Crippen molar-refractivity contribution in [3.8, 4) is 0 Å². The summed E-state index contributed by atoms with van der Waals surface area (Å²) in [6.07, 6.45) is 0. The molecule has 0 spiro atoms. The van der Waals surface area contributed by atoms with Gasteiger partial charge in [0.25, 0.3) is 0 Å². The number of carbonyl (C=O) groups is 2. The van der Waals surface area contributed by atoms with Gasteiger partial charge in [-0.15, -0.1) is 0 Å². The molecule has 0 atom stereocenters. The highest BCUT2D eigenvalue weighted by Crippen LogP contribution is 2.17.